The molecule has 4 nitrogen and oxygen atoms in total. The van der Waals surface area contributed by atoms with Crippen LogP contribution in [-0.2, 0) is 13.0 Å². The van der Waals surface area contributed by atoms with E-state index in [1.807, 2.05) is 11.8 Å². The van der Waals surface area contributed by atoms with Crippen molar-refractivity contribution >= 4 is 11.8 Å². The zero-order chi connectivity index (χ0) is 12.6. The molecule has 0 atom stereocenters. The minimum Gasteiger partial charge on any atom is -0.396 e. The molecule has 1 aliphatic heterocycles. The molecule has 2 rings (SSSR count). The Morgan fingerprint density at radius 2 is 1.94 bits per heavy atom. The van der Waals surface area contributed by atoms with Crippen molar-refractivity contribution in [3.63, 3.8) is 0 Å². The first kappa shape index (κ1) is 13.9. The number of thioether (sulfide) groups is 1. The van der Waals surface area contributed by atoms with Crippen LogP contribution in [0.5, 0.6) is 0 Å². The Morgan fingerprint density at radius 3 is 2.83 bits per heavy atom. The van der Waals surface area contributed by atoms with Crippen molar-refractivity contribution in [1.29, 1.82) is 0 Å². The molecule has 0 saturated carbocycles. The Morgan fingerprint density at radius 1 is 1.06 bits per heavy atom. The SMILES string of the molecule is OCCCCCCSc1nnc2n1CCCCC2. The van der Waals surface area contributed by atoms with Crippen LogP contribution >= 0.6 is 11.8 Å². The fourth-order valence-corrected chi connectivity index (χ4v) is 3.28. The van der Waals surface area contributed by atoms with Gasteiger partial charge in [-0.1, -0.05) is 31.0 Å². The summed E-state index contributed by atoms with van der Waals surface area (Å²) in [5.41, 5.74) is 0. The second kappa shape index (κ2) is 7.79. The van der Waals surface area contributed by atoms with Gasteiger partial charge in [0.15, 0.2) is 5.16 Å². The number of aliphatic hydroxyl groups excluding tert-OH is 1. The van der Waals surface area contributed by atoms with Crippen LogP contribution in [0.15, 0.2) is 5.16 Å². The minimum atomic E-state index is 0.324. The van der Waals surface area contributed by atoms with Gasteiger partial charge in [-0.2, -0.15) is 0 Å². The molecule has 1 aromatic rings. The van der Waals surface area contributed by atoms with E-state index < -0.39 is 0 Å². The lowest BCUT2D eigenvalue weighted by molar-refractivity contribution is 0.283. The summed E-state index contributed by atoms with van der Waals surface area (Å²) < 4.78 is 2.31. The predicted molar refractivity (Wildman–Crippen MR) is 73.9 cm³/mol. The fourth-order valence-electron chi connectivity index (χ4n) is 2.30. The molecule has 0 bridgehead atoms. The first-order valence-electron chi connectivity index (χ1n) is 7.07. The van der Waals surface area contributed by atoms with E-state index in [9.17, 15) is 0 Å². The van der Waals surface area contributed by atoms with Crippen LogP contribution in [0.2, 0.25) is 0 Å². The topological polar surface area (TPSA) is 50.9 Å². The molecular weight excluding hydrogens is 246 g/mol. The van der Waals surface area contributed by atoms with Crippen LogP contribution in [0.25, 0.3) is 0 Å². The van der Waals surface area contributed by atoms with Gasteiger partial charge in [-0.3, -0.25) is 0 Å². The average molecular weight is 269 g/mol. The highest BCUT2D eigenvalue weighted by atomic mass is 32.2. The Bertz CT molecular complexity index is 354. The molecule has 0 aliphatic carbocycles. The van der Waals surface area contributed by atoms with E-state index in [0.717, 1.165) is 36.7 Å². The molecule has 5 heteroatoms. The van der Waals surface area contributed by atoms with Crippen molar-refractivity contribution in [2.24, 2.45) is 0 Å². The zero-order valence-electron chi connectivity index (χ0n) is 11.0. The number of aryl methyl sites for hydroxylation is 1. The number of hydrogen-bond donors (Lipinski definition) is 1. The highest BCUT2D eigenvalue weighted by Crippen LogP contribution is 2.22. The molecule has 0 amide bonds. The smallest absolute Gasteiger partial charge is 0.191 e. The predicted octanol–water partition coefficient (Wildman–Crippen LogP) is 2.65. The van der Waals surface area contributed by atoms with E-state index in [0.29, 0.717) is 6.61 Å². The van der Waals surface area contributed by atoms with Crippen molar-refractivity contribution in [2.45, 2.75) is 63.1 Å². The lowest BCUT2D eigenvalue weighted by Gasteiger charge is -2.06. The summed E-state index contributed by atoms with van der Waals surface area (Å²) in [5.74, 6) is 2.29. The van der Waals surface area contributed by atoms with Gasteiger partial charge in [0.05, 0.1) is 0 Å². The van der Waals surface area contributed by atoms with E-state index in [1.165, 1.54) is 37.9 Å². The van der Waals surface area contributed by atoms with Gasteiger partial charge in [0.2, 0.25) is 0 Å². The van der Waals surface area contributed by atoms with Crippen molar-refractivity contribution in [2.75, 3.05) is 12.4 Å². The number of rotatable bonds is 7. The maximum Gasteiger partial charge on any atom is 0.191 e. The summed E-state index contributed by atoms with van der Waals surface area (Å²) in [6.07, 6.45) is 9.39. The maximum absolute atomic E-state index is 8.71. The molecule has 18 heavy (non-hydrogen) atoms. The standard InChI is InChI=1S/C13H23N3OS/c17-10-6-1-2-7-11-18-13-15-14-12-8-4-3-5-9-16(12)13/h17H,1-11H2. The highest BCUT2D eigenvalue weighted by molar-refractivity contribution is 7.99. The van der Waals surface area contributed by atoms with E-state index >= 15 is 0 Å². The number of hydrogen-bond acceptors (Lipinski definition) is 4. The average Bonchev–Trinajstić information content (AvgIpc) is 2.62. The molecule has 1 N–H and O–H groups in total. The quantitative estimate of drug-likeness (QED) is 0.611. The van der Waals surface area contributed by atoms with E-state index in [4.69, 9.17) is 5.11 Å². The van der Waals surface area contributed by atoms with Gasteiger partial charge >= 0.3 is 0 Å². The minimum absolute atomic E-state index is 0.324. The first-order chi connectivity index (χ1) is 8.92. The fraction of sp³-hybridized carbons (Fsp3) is 0.846. The maximum atomic E-state index is 8.71. The molecular formula is C13H23N3OS. The second-order valence-electron chi connectivity index (χ2n) is 4.85. The summed E-state index contributed by atoms with van der Waals surface area (Å²) >= 11 is 1.84. The Kier molecular flexibility index (Phi) is 6.00. The monoisotopic (exact) mass is 269 g/mol. The van der Waals surface area contributed by atoms with Crippen LogP contribution in [0.1, 0.15) is 50.8 Å². The normalized spacial score (nSPS) is 15.4. The Balaban J connectivity index is 1.74. The van der Waals surface area contributed by atoms with Crippen LogP contribution in [0.3, 0.4) is 0 Å². The second-order valence-corrected chi connectivity index (χ2v) is 5.91. The summed E-state index contributed by atoms with van der Waals surface area (Å²) in [5, 5.41) is 18.4. The third-order valence-electron chi connectivity index (χ3n) is 3.36. The first-order valence-corrected chi connectivity index (χ1v) is 8.06. The molecule has 2 heterocycles. The molecule has 0 radical (unpaired) electrons. The van der Waals surface area contributed by atoms with Crippen LogP contribution in [-0.4, -0.2) is 32.2 Å². The highest BCUT2D eigenvalue weighted by Gasteiger charge is 2.14. The van der Waals surface area contributed by atoms with E-state index in [1.54, 1.807) is 0 Å². The molecule has 0 unspecified atom stereocenters. The van der Waals surface area contributed by atoms with Gasteiger partial charge in [-0.05, 0) is 25.7 Å². The zero-order valence-corrected chi connectivity index (χ0v) is 11.8. The lowest BCUT2D eigenvalue weighted by Crippen LogP contribution is -2.02. The number of fused-ring (bicyclic) bond motifs is 1. The van der Waals surface area contributed by atoms with E-state index in [-0.39, 0.29) is 0 Å². The number of aromatic nitrogens is 3. The van der Waals surface area contributed by atoms with Crippen molar-refractivity contribution < 1.29 is 5.11 Å². The summed E-state index contributed by atoms with van der Waals surface area (Å²) in [4.78, 5) is 0. The molecule has 0 fully saturated rings. The van der Waals surface area contributed by atoms with Gasteiger partial charge in [0.25, 0.3) is 0 Å². The van der Waals surface area contributed by atoms with Gasteiger partial charge in [-0.25, -0.2) is 0 Å². The largest absolute Gasteiger partial charge is 0.396 e. The summed E-state index contributed by atoms with van der Waals surface area (Å²) in [6, 6.07) is 0. The van der Waals surface area contributed by atoms with Crippen molar-refractivity contribution in [1.82, 2.24) is 14.8 Å². The van der Waals surface area contributed by atoms with Gasteiger partial charge in [0.1, 0.15) is 5.82 Å². The summed E-state index contributed by atoms with van der Waals surface area (Å²) in [7, 11) is 0. The molecule has 0 aromatic carbocycles. The lowest BCUT2D eigenvalue weighted by atomic mass is 10.2. The van der Waals surface area contributed by atoms with Crippen molar-refractivity contribution in [3.05, 3.63) is 5.82 Å². The van der Waals surface area contributed by atoms with Gasteiger partial charge in [0, 0.05) is 25.3 Å². The van der Waals surface area contributed by atoms with Gasteiger partial charge in [-0.15, -0.1) is 10.2 Å². The number of unbranched alkanes of at least 4 members (excludes halogenated alkanes) is 3. The van der Waals surface area contributed by atoms with E-state index in [2.05, 4.69) is 14.8 Å². The molecule has 0 saturated heterocycles. The molecule has 0 spiro atoms. The Labute approximate surface area is 113 Å². The molecule has 1 aromatic heterocycles. The number of nitrogens with zero attached hydrogens (tertiary/aromatic N) is 3. The molecule has 1 aliphatic rings. The van der Waals surface area contributed by atoms with Crippen LogP contribution in [0, 0.1) is 0 Å². The van der Waals surface area contributed by atoms with Crippen LogP contribution < -0.4 is 0 Å². The third-order valence-corrected chi connectivity index (χ3v) is 4.41. The Hall–Kier alpha value is -0.550. The molecule has 102 valence electrons. The third kappa shape index (κ3) is 3.99. The summed E-state index contributed by atoms with van der Waals surface area (Å²) in [6.45, 7) is 1.42. The van der Waals surface area contributed by atoms with Gasteiger partial charge < -0.3 is 9.67 Å². The number of aliphatic hydroxyl groups is 1. The van der Waals surface area contributed by atoms with Crippen LogP contribution in [0.4, 0.5) is 0 Å². The van der Waals surface area contributed by atoms with Crippen molar-refractivity contribution in [3.8, 4) is 0 Å².